The van der Waals surface area contributed by atoms with Gasteiger partial charge in [0.05, 0.1) is 19.1 Å². The van der Waals surface area contributed by atoms with Gasteiger partial charge in [-0.05, 0) is 29.8 Å². The maximum absolute atomic E-state index is 12.1. The van der Waals surface area contributed by atoms with Gasteiger partial charge in [-0.25, -0.2) is 4.79 Å². The Balaban J connectivity index is 1.67. The molecule has 1 amide bonds. The van der Waals surface area contributed by atoms with Gasteiger partial charge >= 0.3 is 5.97 Å². The zero-order chi connectivity index (χ0) is 19.1. The normalized spacial score (nSPS) is 16.3. The van der Waals surface area contributed by atoms with Crippen LogP contribution in [0.25, 0.3) is 0 Å². The van der Waals surface area contributed by atoms with E-state index in [0.29, 0.717) is 22.2 Å². The summed E-state index contributed by atoms with van der Waals surface area (Å²) in [5.74, 6) is 0.340. The van der Waals surface area contributed by atoms with Crippen molar-refractivity contribution >= 4 is 35.0 Å². The molecular weight excluding hydrogens is 366 g/mol. The van der Waals surface area contributed by atoms with Crippen molar-refractivity contribution < 1.29 is 19.1 Å². The number of rotatable bonds is 6. The molecule has 1 saturated heterocycles. The van der Waals surface area contributed by atoms with E-state index < -0.39 is 12.1 Å². The number of thioether (sulfide) groups is 1. The Hall–Kier alpha value is -3.13. The number of amidine groups is 1. The third-order valence-corrected chi connectivity index (χ3v) is 4.46. The van der Waals surface area contributed by atoms with Gasteiger partial charge in [0.2, 0.25) is 12.0 Å². The lowest BCUT2D eigenvalue weighted by Gasteiger charge is -2.17. The summed E-state index contributed by atoms with van der Waals surface area (Å²) in [6.45, 7) is 0. The SMILES string of the molecule is COC(=O)C(Oc1ccc(C=NN=C2NC(=O)CS2)cc1)c1ccccc1. The summed E-state index contributed by atoms with van der Waals surface area (Å²) in [6, 6.07) is 16.2. The van der Waals surface area contributed by atoms with Crippen LogP contribution in [0.3, 0.4) is 0 Å². The van der Waals surface area contributed by atoms with E-state index >= 15 is 0 Å². The number of hydrogen-bond acceptors (Lipinski definition) is 7. The topological polar surface area (TPSA) is 89.3 Å². The molecule has 2 aromatic rings. The van der Waals surface area contributed by atoms with Crippen LogP contribution in [-0.2, 0) is 14.3 Å². The van der Waals surface area contributed by atoms with Crippen LogP contribution in [0, 0.1) is 0 Å². The van der Waals surface area contributed by atoms with E-state index in [-0.39, 0.29) is 5.91 Å². The zero-order valence-corrected chi connectivity index (χ0v) is 15.3. The van der Waals surface area contributed by atoms with Crippen molar-refractivity contribution in [2.24, 2.45) is 10.2 Å². The van der Waals surface area contributed by atoms with Crippen LogP contribution in [0.15, 0.2) is 64.8 Å². The summed E-state index contributed by atoms with van der Waals surface area (Å²) in [6.07, 6.45) is 0.724. The Bertz CT molecular complexity index is 866. The number of nitrogens with zero attached hydrogens (tertiary/aromatic N) is 2. The van der Waals surface area contributed by atoms with E-state index in [1.807, 2.05) is 30.3 Å². The first-order chi connectivity index (χ1) is 13.2. The first-order valence-corrected chi connectivity index (χ1v) is 9.07. The highest BCUT2D eigenvalue weighted by molar-refractivity contribution is 8.15. The lowest BCUT2D eigenvalue weighted by Crippen LogP contribution is -2.20. The first kappa shape index (κ1) is 18.7. The maximum Gasteiger partial charge on any atom is 0.351 e. The number of hydrogen-bond donors (Lipinski definition) is 1. The van der Waals surface area contributed by atoms with E-state index in [0.717, 1.165) is 5.56 Å². The van der Waals surface area contributed by atoms with Gasteiger partial charge in [0, 0.05) is 5.56 Å². The van der Waals surface area contributed by atoms with E-state index in [4.69, 9.17) is 9.47 Å². The molecule has 7 nitrogen and oxygen atoms in total. The highest BCUT2D eigenvalue weighted by Gasteiger charge is 2.23. The van der Waals surface area contributed by atoms with Gasteiger partial charge in [-0.15, -0.1) is 5.10 Å². The molecule has 1 aliphatic heterocycles. The summed E-state index contributed by atoms with van der Waals surface area (Å²) in [5, 5.41) is 11.0. The van der Waals surface area contributed by atoms with Gasteiger partial charge in [0.1, 0.15) is 5.75 Å². The molecule has 0 radical (unpaired) electrons. The largest absolute Gasteiger partial charge is 0.474 e. The summed E-state index contributed by atoms with van der Waals surface area (Å²) < 4.78 is 10.6. The molecule has 3 rings (SSSR count). The molecule has 0 spiro atoms. The molecule has 0 saturated carbocycles. The molecule has 0 aliphatic carbocycles. The molecule has 0 bridgehead atoms. The molecule has 0 aromatic heterocycles. The lowest BCUT2D eigenvalue weighted by atomic mass is 10.1. The molecule has 1 heterocycles. The number of nitrogens with one attached hydrogen (secondary N) is 1. The Morgan fingerprint density at radius 3 is 2.56 bits per heavy atom. The molecule has 8 heteroatoms. The number of benzene rings is 2. The van der Waals surface area contributed by atoms with Crippen molar-refractivity contribution in [3.63, 3.8) is 0 Å². The van der Waals surface area contributed by atoms with Crippen LogP contribution < -0.4 is 10.1 Å². The van der Waals surface area contributed by atoms with Crippen molar-refractivity contribution in [1.29, 1.82) is 0 Å². The standard InChI is InChI=1S/C19H17N3O4S/c1-25-18(24)17(14-5-3-2-4-6-14)26-15-9-7-13(8-10-15)11-20-22-19-21-16(23)12-27-19/h2-11,17H,12H2,1H3,(H,21,22,23). The predicted octanol–water partition coefficient (Wildman–Crippen LogP) is 2.53. The summed E-state index contributed by atoms with van der Waals surface area (Å²) in [4.78, 5) is 23.1. The minimum absolute atomic E-state index is 0.0750. The van der Waals surface area contributed by atoms with Crippen LogP contribution >= 0.6 is 11.8 Å². The summed E-state index contributed by atoms with van der Waals surface area (Å²) in [7, 11) is 1.33. The van der Waals surface area contributed by atoms with Gasteiger partial charge in [-0.3, -0.25) is 4.79 Å². The van der Waals surface area contributed by atoms with Crippen molar-refractivity contribution in [1.82, 2.24) is 5.32 Å². The fourth-order valence-electron chi connectivity index (χ4n) is 2.28. The van der Waals surface area contributed by atoms with E-state index in [9.17, 15) is 9.59 Å². The molecule has 1 unspecified atom stereocenters. The van der Waals surface area contributed by atoms with Gasteiger partial charge < -0.3 is 14.8 Å². The van der Waals surface area contributed by atoms with Crippen molar-refractivity contribution in [3.8, 4) is 5.75 Å². The van der Waals surface area contributed by atoms with E-state index in [1.54, 1.807) is 30.5 Å². The van der Waals surface area contributed by atoms with Crippen LogP contribution in [0.5, 0.6) is 5.75 Å². The second-order valence-corrected chi connectivity index (χ2v) is 6.45. The second kappa shape index (κ2) is 9.00. The van der Waals surface area contributed by atoms with Gasteiger partial charge in [0.15, 0.2) is 5.17 Å². The van der Waals surface area contributed by atoms with Crippen LogP contribution in [0.1, 0.15) is 17.2 Å². The quantitative estimate of drug-likeness (QED) is 0.470. The molecule has 27 heavy (non-hydrogen) atoms. The minimum atomic E-state index is -0.842. The minimum Gasteiger partial charge on any atom is -0.474 e. The molecule has 138 valence electrons. The fourth-order valence-corrected chi connectivity index (χ4v) is 2.91. The molecule has 1 aliphatic rings. The van der Waals surface area contributed by atoms with Crippen LogP contribution in [0.2, 0.25) is 0 Å². The summed E-state index contributed by atoms with van der Waals surface area (Å²) in [5.41, 5.74) is 1.51. The number of amides is 1. The second-order valence-electron chi connectivity index (χ2n) is 5.49. The number of ether oxygens (including phenoxy) is 2. The van der Waals surface area contributed by atoms with Gasteiger partial charge in [-0.2, -0.15) is 5.10 Å². The zero-order valence-electron chi connectivity index (χ0n) is 14.5. The van der Waals surface area contributed by atoms with Gasteiger partial charge in [-0.1, -0.05) is 42.1 Å². The molecule has 1 N–H and O–H groups in total. The number of carbonyl (C=O) groups excluding carboxylic acids is 2. The number of carbonyl (C=O) groups is 2. The fraction of sp³-hybridized carbons (Fsp3) is 0.158. The van der Waals surface area contributed by atoms with Crippen molar-refractivity contribution in [2.45, 2.75) is 6.10 Å². The third-order valence-electron chi connectivity index (χ3n) is 3.59. The average Bonchev–Trinajstić information content (AvgIpc) is 3.12. The monoisotopic (exact) mass is 383 g/mol. The highest BCUT2D eigenvalue weighted by atomic mass is 32.2. The number of methoxy groups -OCH3 is 1. The van der Waals surface area contributed by atoms with Crippen molar-refractivity contribution in [3.05, 3.63) is 65.7 Å². The maximum atomic E-state index is 12.1. The van der Waals surface area contributed by atoms with E-state index in [2.05, 4.69) is 15.5 Å². The smallest absolute Gasteiger partial charge is 0.351 e. The van der Waals surface area contributed by atoms with Crippen LogP contribution in [-0.4, -0.2) is 36.1 Å². The Kier molecular flexibility index (Phi) is 6.22. The van der Waals surface area contributed by atoms with Crippen LogP contribution in [0.4, 0.5) is 0 Å². The molecular formula is C19H17N3O4S. The number of esters is 1. The first-order valence-electron chi connectivity index (χ1n) is 8.09. The molecule has 2 aromatic carbocycles. The Labute approximate surface area is 160 Å². The Morgan fingerprint density at radius 2 is 1.93 bits per heavy atom. The van der Waals surface area contributed by atoms with E-state index in [1.165, 1.54) is 18.9 Å². The average molecular weight is 383 g/mol. The highest BCUT2D eigenvalue weighted by Crippen LogP contribution is 2.23. The molecule has 1 fully saturated rings. The lowest BCUT2D eigenvalue weighted by molar-refractivity contribution is -0.149. The molecule has 1 atom stereocenters. The summed E-state index contributed by atoms with van der Waals surface area (Å²) >= 11 is 1.31. The third kappa shape index (κ3) is 5.18. The Morgan fingerprint density at radius 1 is 1.19 bits per heavy atom. The van der Waals surface area contributed by atoms with Gasteiger partial charge in [0.25, 0.3) is 0 Å². The van der Waals surface area contributed by atoms with Crippen molar-refractivity contribution in [2.75, 3.05) is 12.9 Å². The predicted molar refractivity (Wildman–Crippen MR) is 104 cm³/mol.